The van der Waals surface area contributed by atoms with E-state index in [1.807, 2.05) is 5.32 Å². The van der Waals surface area contributed by atoms with Crippen LogP contribution in [0.1, 0.15) is 23.2 Å². The van der Waals surface area contributed by atoms with Crippen LogP contribution in [0.2, 0.25) is 0 Å². The maximum atomic E-state index is 12.6. The molecule has 0 radical (unpaired) electrons. The summed E-state index contributed by atoms with van der Waals surface area (Å²) in [6.45, 7) is -0.269. The molecule has 0 aromatic heterocycles. The third-order valence-corrected chi connectivity index (χ3v) is 5.62. The number of halogens is 2. The average Bonchev–Trinajstić information content (AvgIpc) is 2.59. The standard InChI is InChI=1S/C15H17F2N3O3S/c16-14(17)9-19-15(21)12-3-5-13(6-4-12)24(22,23)20-7-1-2-11(8-18)10-20/h3-6,11,14H,1-2,7,9-10H2,(H,19,21)/t11-/m1/s1. The zero-order valence-electron chi connectivity index (χ0n) is 12.8. The van der Waals surface area contributed by atoms with E-state index in [2.05, 4.69) is 6.07 Å². The van der Waals surface area contributed by atoms with E-state index in [-0.39, 0.29) is 22.9 Å². The van der Waals surface area contributed by atoms with Crippen LogP contribution in [-0.2, 0) is 10.0 Å². The van der Waals surface area contributed by atoms with Crippen molar-refractivity contribution in [2.45, 2.75) is 24.2 Å². The van der Waals surface area contributed by atoms with Gasteiger partial charge in [-0.25, -0.2) is 17.2 Å². The van der Waals surface area contributed by atoms with Crippen molar-refractivity contribution in [1.82, 2.24) is 9.62 Å². The molecule has 0 unspecified atom stereocenters. The van der Waals surface area contributed by atoms with Crippen LogP contribution in [0.3, 0.4) is 0 Å². The molecule has 0 spiro atoms. The first-order chi connectivity index (χ1) is 11.3. The van der Waals surface area contributed by atoms with Gasteiger partial charge in [0.05, 0.1) is 23.4 Å². The first-order valence-corrected chi connectivity index (χ1v) is 8.85. The summed E-state index contributed by atoms with van der Waals surface area (Å²) in [5.74, 6) is -1.02. The van der Waals surface area contributed by atoms with Crippen molar-refractivity contribution in [3.05, 3.63) is 29.8 Å². The van der Waals surface area contributed by atoms with E-state index in [0.29, 0.717) is 19.4 Å². The van der Waals surface area contributed by atoms with Crippen LogP contribution in [0.5, 0.6) is 0 Å². The van der Waals surface area contributed by atoms with E-state index in [9.17, 15) is 22.0 Å². The number of sulfonamides is 1. The van der Waals surface area contributed by atoms with Gasteiger partial charge in [-0.3, -0.25) is 4.79 Å². The number of rotatable bonds is 5. The summed E-state index contributed by atoms with van der Waals surface area (Å²) in [6.07, 6.45) is -1.36. The van der Waals surface area contributed by atoms with E-state index in [1.165, 1.54) is 28.6 Å². The largest absolute Gasteiger partial charge is 0.346 e. The minimum Gasteiger partial charge on any atom is -0.346 e. The first-order valence-electron chi connectivity index (χ1n) is 7.40. The van der Waals surface area contributed by atoms with Crippen molar-refractivity contribution in [2.24, 2.45) is 5.92 Å². The van der Waals surface area contributed by atoms with E-state index in [0.717, 1.165) is 0 Å². The fraction of sp³-hybridized carbons (Fsp3) is 0.467. The highest BCUT2D eigenvalue weighted by molar-refractivity contribution is 7.89. The lowest BCUT2D eigenvalue weighted by atomic mass is 10.0. The predicted molar refractivity (Wildman–Crippen MR) is 81.9 cm³/mol. The highest BCUT2D eigenvalue weighted by atomic mass is 32.2. The topological polar surface area (TPSA) is 90.3 Å². The molecule has 6 nitrogen and oxygen atoms in total. The molecule has 0 aliphatic carbocycles. The molecule has 1 N–H and O–H groups in total. The molecule has 1 heterocycles. The zero-order valence-corrected chi connectivity index (χ0v) is 13.6. The normalized spacial score (nSPS) is 19.0. The fourth-order valence-corrected chi connectivity index (χ4v) is 3.99. The highest BCUT2D eigenvalue weighted by Gasteiger charge is 2.30. The van der Waals surface area contributed by atoms with E-state index < -0.39 is 28.9 Å². The Balaban J connectivity index is 2.12. The molecule has 1 aromatic rings. The maximum absolute atomic E-state index is 12.6. The second-order valence-electron chi connectivity index (χ2n) is 5.46. The van der Waals surface area contributed by atoms with Crippen molar-refractivity contribution in [1.29, 1.82) is 5.26 Å². The van der Waals surface area contributed by atoms with Gasteiger partial charge in [-0.1, -0.05) is 0 Å². The molecule has 1 aromatic carbocycles. The molecule has 1 aliphatic heterocycles. The third kappa shape index (κ3) is 4.27. The van der Waals surface area contributed by atoms with E-state index >= 15 is 0 Å². The second kappa shape index (κ2) is 7.68. The molecular weight excluding hydrogens is 340 g/mol. The average molecular weight is 357 g/mol. The SMILES string of the molecule is N#C[C@H]1CCCN(S(=O)(=O)c2ccc(C(=O)NCC(F)F)cc2)C1. The number of hydrogen-bond donors (Lipinski definition) is 1. The van der Waals surface area contributed by atoms with E-state index in [4.69, 9.17) is 5.26 Å². The maximum Gasteiger partial charge on any atom is 0.255 e. The molecular formula is C15H17F2N3O3S. The van der Waals surface area contributed by atoms with Gasteiger partial charge < -0.3 is 5.32 Å². The number of nitrogens with one attached hydrogen (secondary N) is 1. The van der Waals surface area contributed by atoms with Crippen molar-refractivity contribution >= 4 is 15.9 Å². The first kappa shape index (κ1) is 18.3. The summed E-state index contributed by atoms with van der Waals surface area (Å²) in [6, 6.07) is 7.17. The molecule has 1 saturated heterocycles. The quantitative estimate of drug-likeness (QED) is 0.867. The highest BCUT2D eigenvalue weighted by Crippen LogP contribution is 2.23. The monoisotopic (exact) mass is 357 g/mol. The van der Waals surface area contributed by atoms with Crippen LogP contribution in [0.15, 0.2) is 29.2 Å². The number of nitriles is 1. The lowest BCUT2D eigenvalue weighted by Gasteiger charge is -2.28. The Kier molecular flexibility index (Phi) is 5.85. The minimum absolute atomic E-state index is 0.00602. The number of carbonyl (C=O) groups excluding carboxylic acids is 1. The number of amides is 1. The Morgan fingerprint density at radius 2 is 2.04 bits per heavy atom. The van der Waals surface area contributed by atoms with E-state index in [1.54, 1.807) is 0 Å². The summed E-state index contributed by atoms with van der Waals surface area (Å²) < 4.78 is 50.5. The van der Waals surface area contributed by atoms with Crippen LogP contribution >= 0.6 is 0 Å². The Bertz CT molecular complexity index is 729. The van der Waals surface area contributed by atoms with Gasteiger partial charge in [0.2, 0.25) is 10.0 Å². The van der Waals surface area contributed by atoms with Gasteiger partial charge in [0, 0.05) is 18.7 Å². The Morgan fingerprint density at radius 1 is 1.38 bits per heavy atom. The number of carbonyl (C=O) groups is 1. The zero-order chi connectivity index (χ0) is 17.7. The number of nitrogens with zero attached hydrogens (tertiary/aromatic N) is 2. The van der Waals surface area contributed by atoms with Gasteiger partial charge in [-0.15, -0.1) is 0 Å². The van der Waals surface area contributed by atoms with Crippen molar-refractivity contribution in [2.75, 3.05) is 19.6 Å². The predicted octanol–water partition coefficient (Wildman–Crippen LogP) is 1.61. The lowest BCUT2D eigenvalue weighted by Crippen LogP contribution is -2.39. The number of benzene rings is 1. The Labute approximate surface area is 139 Å². The van der Waals surface area contributed by atoms with Gasteiger partial charge in [0.15, 0.2) is 0 Å². The number of piperidine rings is 1. The lowest BCUT2D eigenvalue weighted by molar-refractivity contribution is 0.0891. The molecule has 1 fully saturated rings. The molecule has 1 atom stereocenters. The molecule has 24 heavy (non-hydrogen) atoms. The molecule has 2 rings (SSSR count). The summed E-state index contributed by atoms with van der Waals surface area (Å²) in [4.78, 5) is 11.7. The molecule has 130 valence electrons. The molecule has 9 heteroatoms. The van der Waals surface area contributed by atoms with Crippen molar-refractivity contribution in [3.63, 3.8) is 0 Å². The molecule has 0 bridgehead atoms. The Hall–Kier alpha value is -2.05. The van der Waals surface area contributed by atoms with Crippen LogP contribution in [0.25, 0.3) is 0 Å². The third-order valence-electron chi connectivity index (χ3n) is 3.74. The number of hydrogen-bond acceptors (Lipinski definition) is 4. The van der Waals surface area contributed by atoms with Gasteiger partial charge in [0.25, 0.3) is 12.3 Å². The van der Waals surface area contributed by atoms with Crippen molar-refractivity contribution in [3.8, 4) is 6.07 Å². The minimum atomic E-state index is -3.74. The molecule has 1 aliphatic rings. The summed E-state index contributed by atoms with van der Waals surface area (Å²) in [5, 5.41) is 11.0. The fourth-order valence-electron chi connectivity index (χ4n) is 2.47. The van der Waals surface area contributed by atoms with Crippen molar-refractivity contribution < 1.29 is 22.0 Å². The summed E-state index contributed by atoms with van der Waals surface area (Å²) in [5.41, 5.74) is 0.100. The van der Waals surface area contributed by atoms with Crippen LogP contribution in [0.4, 0.5) is 8.78 Å². The molecule has 1 amide bonds. The van der Waals surface area contributed by atoms with Gasteiger partial charge in [-0.05, 0) is 37.1 Å². The number of alkyl halides is 2. The van der Waals surface area contributed by atoms with Crippen LogP contribution < -0.4 is 5.32 Å². The summed E-state index contributed by atoms with van der Waals surface area (Å²) in [7, 11) is -3.74. The molecule has 0 saturated carbocycles. The van der Waals surface area contributed by atoms with Gasteiger partial charge in [0.1, 0.15) is 0 Å². The second-order valence-corrected chi connectivity index (χ2v) is 7.39. The van der Waals surface area contributed by atoms with Crippen LogP contribution in [0, 0.1) is 17.2 Å². The Morgan fingerprint density at radius 3 is 2.62 bits per heavy atom. The van der Waals surface area contributed by atoms with Gasteiger partial charge >= 0.3 is 0 Å². The smallest absolute Gasteiger partial charge is 0.255 e. The van der Waals surface area contributed by atoms with Crippen LogP contribution in [-0.4, -0.2) is 44.7 Å². The van der Waals surface area contributed by atoms with Gasteiger partial charge in [-0.2, -0.15) is 9.57 Å². The summed E-state index contributed by atoms with van der Waals surface area (Å²) >= 11 is 0.